The van der Waals surface area contributed by atoms with E-state index in [9.17, 15) is 9.59 Å². The number of fused-ring (bicyclic) bond motifs is 1. The van der Waals surface area contributed by atoms with Crippen LogP contribution in [0.5, 0.6) is 0 Å². The zero-order valence-corrected chi connectivity index (χ0v) is 14.7. The first-order chi connectivity index (χ1) is 12.0. The molecule has 0 saturated carbocycles. The molecule has 25 heavy (non-hydrogen) atoms. The van der Waals surface area contributed by atoms with E-state index in [1.165, 1.54) is 0 Å². The summed E-state index contributed by atoms with van der Waals surface area (Å²) in [5.74, 6) is 0.000425. The lowest BCUT2D eigenvalue weighted by molar-refractivity contribution is 0.0719. The second kappa shape index (κ2) is 6.13. The summed E-state index contributed by atoms with van der Waals surface area (Å²) in [6.45, 7) is 4.89. The van der Waals surface area contributed by atoms with Crippen LogP contribution in [0.2, 0.25) is 0 Å². The number of aryl methyl sites for hydroxylation is 4. The minimum Gasteiger partial charge on any atom is -0.334 e. The summed E-state index contributed by atoms with van der Waals surface area (Å²) in [4.78, 5) is 27.2. The molecule has 0 radical (unpaired) electrons. The Bertz CT molecular complexity index is 863. The maximum absolute atomic E-state index is 13.0. The molecule has 1 fully saturated rings. The van der Waals surface area contributed by atoms with Gasteiger partial charge in [0, 0.05) is 18.3 Å². The lowest BCUT2D eigenvalue weighted by Gasteiger charge is -2.25. The Labute approximate surface area is 146 Å². The van der Waals surface area contributed by atoms with Crippen molar-refractivity contribution in [2.24, 2.45) is 0 Å². The Morgan fingerprint density at radius 2 is 2.16 bits per heavy atom. The van der Waals surface area contributed by atoms with Crippen molar-refractivity contribution in [1.82, 2.24) is 24.9 Å². The van der Waals surface area contributed by atoms with Crippen LogP contribution < -0.4 is 5.56 Å². The maximum Gasteiger partial charge on any atom is 0.267 e. The molecule has 0 spiro atoms. The number of hydrogen-bond acceptors (Lipinski definition) is 4. The molecule has 7 heteroatoms. The number of nitrogens with zero attached hydrogens (tertiary/aromatic N) is 4. The number of hydrogen-bond donors (Lipinski definition) is 1. The largest absolute Gasteiger partial charge is 0.334 e. The first kappa shape index (κ1) is 16.1. The summed E-state index contributed by atoms with van der Waals surface area (Å²) in [6, 6.07) is 1.73. The average molecular weight is 341 g/mol. The summed E-state index contributed by atoms with van der Waals surface area (Å²) in [7, 11) is 0. The summed E-state index contributed by atoms with van der Waals surface area (Å²) in [5, 5.41) is 11.6. The molecule has 0 bridgehead atoms. The smallest absolute Gasteiger partial charge is 0.267 e. The van der Waals surface area contributed by atoms with Gasteiger partial charge in [-0.3, -0.25) is 14.7 Å². The number of aromatic amines is 1. The molecule has 1 atom stereocenters. The van der Waals surface area contributed by atoms with Crippen LogP contribution in [0.4, 0.5) is 0 Å². The van der Waals surface area contributed by atoms with Gasteiger partial charge in [-0.1, -0.05) is 0 Å². The Morgan fingerprint density at radius 1 is 1.32 bits per heavy atom. The molecule has 2 aromatic rings. The minimum absolute atomic E-state index is 0.000425. The highest BCUT2D eigenvalue weighted by Gasteiger charge is 2.32. The Morgan fingerprint density at radius 3 is 2.92 bits per heavy atom. The van der Waals surface area contributed by atoms with Gasteiger partial charge in [0.25, 0.3) is 11.5 Å². The lowest BCUT2D eigenvalue weighted by atomic mass is 10.1. The molecule has 1 aliphatic heterocycles. The number of nitrogens with one attached hydrogen (secondary N) is 1. The number of rotatable bonds is 3. The summed E-state index contributed by atoms with van der Waals surface area (Å²) in [5.41, 5.74) is 4.24. The number of H-pyrrole nitrogens is 1. The number of carbonyl (C=O) groups is 1. The van der Waals surface area contributed by atoms with E-state index in [-0.39, 0.29) is 17.5 Å². The molecule has 2 aromatic heterocycles. The highest BCUT2D eigenvalue weighted by molar-refractivity contribution is 5.96. The second-order valence-corrected chi connectivity index (χ2v) is 7.09. The van der Waals surface area contributed by atoms with Gasteiger partial charge in [-0.25, -0.2) is 4.68 Å². The van der Waals surface area contributed by atoms with Crippen LogP contribution in [-0.2, 0) is 19.4 Å². The van der Waals surface area contributed by atoms with Crippen molar-refractivity contribution in [3.63, 3.8) is 0 Å². The van der Waals surface area contributed by atoms with E-state index >= 15 is 0 Å². The van der Waals surface area contributed by atoms with Crippen LogP contribution in [0.25, 0.3) is 0 Å². The third kappa shape index (κ3) is 2.77. The van der Waals surface area contributed by atoms with E-state index in [2.05, 4.69) is 15.3 Å². The van der Waals surface area contributed by atoms with E-state index in [0.717, 1.165) is 54.7 Å². The predicted octanol–water partition coefficient (Wildman–Crippen LogP) is 1.38. The molecule has 1 aliphatic carbocycles. The molecule has 1 unspecified atom stereocenters. The van der Waals surface area contributed by atoms with Crippen molar-refractivity contribution in [3.8, 4) is 0 Å². The highest BCUT2D eigenvalue weighted by atomic mass is 16.2. The zero-order valence-electron chi connectivity index (χ0n) is 14.7. The van der Waals surface area contributed by atoms with E-state index in [4.69, 9.17) is 0 Å². The first-order valence-electron chi connectivity index (χ1n) is 8.97. The zero-order chi connectivity index (χ0) is 17.6. The summed E-state index contributed by atoms with van der Waals surface area (Å²) < 4.78 is 1.55. The Kier molecular flexibility index (Phi) is 3.94. The Balaban J connectivity index is 1.59. The van der Waals surface area contributed by atoms with Crippen LogP contribution in [0.15, 0.2) is 10.9 Å². The van der Waals surface area contributed by atoms with Crippen molar-refractivity contribution >= 4 is 5.91 Å². The van der Waals surface area contributed by atoms with Gasteiger partial charge >= 0.3 is 0 Å². The summed E-state index contributed by atoms with van der Waals surface area (Å²) >= 11 is 0. The normalized spacial score (nSPS) is 19.4. The average Bonchev–Trinajstić information content (AvgIpc) is 3.28. The quantitative estimate of drug-likeness (QED) is 0.914. The highest BCUT2D eigenvalue weighted by Crippen LogP contribution is 2.24. The number of carbonyl (C=O) groups excluding carboxylic acids is 1. The topological polar surface area (TPSA) is 83.9 Å². The standard InChI is InChI=1S/C18H23N5O2/c1-11-17(12(2)20-19-11)18(25)22-8-4-6-14(22)10-23-16(24)9-13-5-3-7-15(13)21-23/h9,14H,3-8,10H2,1-2H3,(H,19,20). The molecule has 4 rings (SSSR count). The fraction of sp³-hybridized carbons (Fsp3) is 0.556. The lowest BCUT2D eigenvalue weighted by Crippen LogP contribution is -2.41. The number of likely N-dealkylation sites (tertiary alicyclic amines) is 1. The van der Waals surface area contributed by atoms with Gasteiger partial charge in [0.2, 0.25) is 0 Å². The predicted molar refractivity (Wildman–Crippen MR) is 92.6 cm³/mol. The first-order valence-corrected chi connectivity index (χ1v) is 8.97. The molecule has 3 heterocycles. The van der Waals surface area contributed by atoms with Gasteiger partial charge in [-0.05, 0) is 51.5 Å². The molecular formula is C18H23N5O2. The molecule has 132 valence electrons. The molecule has 1 amide bonds. The van der Waals surface area contributed by atoms with Crippen LogP contribution in [0.3, 0.4) is 0 Å². The van der Waals surface area contributed by atoms with Crippen molar-refractivity contribution in [2.45, 2.75) is 58.5 Å². The van der Waals surface area contributed by atoms with Crippen LogP contribution in [-0.4, -0.2) is 43.4 Å². The van der Waals surface area contributed by atoms with Crippen molar-refractivity contribution in [1.29, 1.82) is 0 Å². The monoisotopic (exact) mass is 341 g/mol. The minimum atomic E-state index is -0.0596. The molecule has 2 aliphatic rings. The molecule has 1 saturated heterocycles. The second-order valence-electron chi connectivity index (χ2n) is 7.09. The van der Waals surface area contributed by atoms with E-state index in [1.807, 2.05) is 18.7 Å². The van der Waals surface area contributed by atoms with Gasteiger partial charge in [0.15, 0.2) is 0 Å². The van der Waals surface area contributed by atoms with Crippen LogP contribution in [0, 0.1) is 13.8 Å². The van der Waals surface area contributed by atoms with Crippen molar-refractivity contribution < 1.29 is 4.79 Å². The van der Waals surface area contributed by atoms with Gasteiger partial charge in [0.1, 0.15) is 0 Å². The van der Waals surface area contributed by atoms with Crippen molar-refractivity contribution in [2.75, 3.05) is 6.54 Å². The van der Waals surface area contributed by atoms with Crippen LogP contribution in [0.1, 0.15) is 52.3 Å². The molecule has 1 N–H and O–H groups in total. The van der Waals surface area contributed by atoms with Gasteiger partial charge in [0.05, 0.1) is 29.5 Å². The number of aromatic nitrogens is 4. The van der Waals surface area contributed by atoms with Gasteiger partial charge in [-0.15, -0.1) is 0 Å². The third-order valence-corrected chi connectivity index (χ3v) is 5.39. The van der Waals surface area contributed by atoms with Gasteiger partial charge < -0.3 is 4.90 Å². The van der Waals surface area contributed by atoms with Gasteiger partial charge in [-0.2, -0.15) is 10.2 Å². The fourth-order valence-corrected chi connectivity index (χ4v) is 4.07. The SMILES string of the molecule is Cc1n[nH]c(C)c1C(=O)N1CCCC1Cn1nc2c(cc1=O)CCC2. The van der Waals surface area contributed by atoms with Crippen molar-refractivity contribution in [3.05, 3.63) is 44.6 Å². The Hall–Kier alpha value is -2.44. The molecule has 7 nitrogen and oxygen atoms in total. The maximum atomic E-state index is 13.0. The fourth-order valence-electron chi connectivity index (χ4n) is 4.07. The number of amides is 1. The van der Waals surface area contributed by atoms with Crippen LogP contribution >= 0.6 is 0 Å². The molecule has 0 aromatic carbocycles. The summed E-state index contributed by atoms with van der Waals surface area (Å²) in [6.07, 6.45) is 4.81. The van der Waals surface area contributed by atoms with E-state index < -0.39 is 0 Å². The van der Waals surface area contributed by atoms with E-state index in [0.29, 0.717) is 18.7 Å². The van der Waals surface area contributed by atoms with E-state index in [1.54, 1.807) is 10.7 Å². The molecular weight excluding hydrogens is 318 g/mol. The third-order valence-electron chi connectivity index (χ3n) is 5.39.